The van der Waals surface area contributed by atoms with Gasteiger partial charge in [0.15, 0.2) is 11.5 Å². The van der Waals surface area contributed by atoms with Gasteiger partial charge in [0.25, 0.3) is 5.91 Å². The van der Waals surface area contributed by atoms with Gasteiger partial charge in [0.05, 0.1) is 6.54 Å². The molecule has 0 aromatic heterocycles. The molecule has 2 aliphatic heterocycles. The highest BCUT2D eigenvalue weighted by Crippen LogP contribution is 2.41. The van der Waals surface area contributed by atoms with Crippen molar-refractivity contribution in [1.82, 2.24) is 15.5 Å². The number of carbonyl (C=O) groups excluding carboxylic acids is 3. The molecule has 1 saturated heterocycles. The van der Waals surface area contributed by atoms with Gasteiger partial charge in [0, 0.05) is 12.0 Å². The van der Waals surface area contributed by atoms with Crippen LogP contribution in [0.3, 0.4) is 0 Å². The van der Waals surface area contributed by atoms with Crippen LogP contribution in [0.2, 0.25) is 0 Å². The Morgan fingerprint density at radius 2 is 1.83 bits per heavy atom. The second kappa shape index (κ2) is 8.86. The minimum Gasteiger partial charge on any atom is -0.488 e. The van der Waals surface area contributed by atoms with Gasteiger partial charge in [0.2, 0.25) is 5.91 Å². The molecule has 4 amide bonds. The van der Waals surface area contributed by atoms with E-state index in [0.717, 1.165) is 33.4 Å². The van der Waals surface area contributed by atoms with Gasteiger partial charge in [-0.15, -0.1) is 0 Å². The van der Waals surface area contributed by atoms with E-state index in [4.69, 9.17) is 9.47 Å². The third kappa shape index (κ3) is 4.34. The van der Waals surface area contributed by atoms with E-state index in [1.807, 2.05) is 74.5 Å². The quantitative estimate of drug-likeness (QED) is 0.393. The number of imide groups is 1. The second-order valence-electron chi connectivity index (χ2n) is 9.99. The highest BCUT2D eigenvalue weighted by molar-refractivity contribution is 6.09. The average molecular weight is 488 g/mol. The third-order valence-electron chi connectivity index (χ3n) is 6.64. The lowest BCUT2D eigenvalue weighted by Gasteiger charge is -2.22. The fraction of sp³-hybridized carbons (Fsp3) is 0.321. The van der Waals surface area contributed by atoms with Crippen molar-refractivity contribution in [3.8, 4) is 11.5 Å². The molecule has 2 heterocycles. The molecule has 5 rings (SSSR count). The Labute approximate surface area is 209 Å². The maximum Gasteiger partial charge on any atom is 0.325 e. The number of carbonyl (C=O) groups is 3. The first-order chi connectivity index (χ1) is 17.2. The molecule has 36 heavy (non-hydrogen) atoms. The van der Waals surface area contributed by atoms with Crippen LogP contribution < -0.4 is 20.1 Å². The SMILES string of the molecule is CC1(C)Cc2cccc(OCCNC(=O)CN3C(=O)NC(C)(c4ccc5ccccc5c4)C3=O)c2O1. The van der Waals surface area contributed by atoms with E-state index in [1.165, 1.54) is 0 Å². The molecule has 2 aliphatic rings. The highest BCUT2D eigenvalue weighted by Gasteiger charge is 2.49. The highest BCUT2D eigenvalue weighted by atomic mass is 16.5. The van der Waals surface area contributed by atoms with Crippen LogP contribution in [0.4, 0.5) is 4.79 Å². The lowest BCUT2D eigenvalue weighted by Crippen LogP contribution is -2.43. The maximum absolute atomic E-state index is 13.2. The molecule has 0 bridgehead atoms. The third-order valence-corrected chi connectivity index (χ3v) is 6.64. The van der Waals surface area contributed by atoms with E-state index in [1.54, 1.807) is 6.92 Å². The molecular formula is C28H29N3O5. The van der Waals surface area contributed by atoms with Crippen molar-refractivity contribution in [3.63, 3.8) is 0 Å². The van der Waals surface area contributed by atoms with E-state index < -0.39 is 23.4 Å². The molecule has 3 aromatic carbocycles. The number of fused-ring (bicyclic) bond motifs is 2. The van der Waals surface area contributed by atoms with Crippen molar-refractivity contribution in [3.05, 3.63) is 71.8 Å². The Morgan fingerprint density at radius 1 is 1.06 bits per heavy atom. The van der Waals surface area contributed by atoms with Crippen LogP contribution in [0.5, 0.6) is 11.5 Å². The minimum atomic E-state index is -1.24. The van der Waals surface area contributed by atoms with Crippen LogP contribution in [0.15, 0.2) is 60.7 Å². The predicted molar refractivity (Wildman–Crippen MR) is 135 cm³/mol. The Bertz CT molecular complexity index is 1370. The number of benzene rings is 3. The monoisotopic (exact) mass is 487 g/mol. The number of para-hydroxylation sites is 1. The number of nitrogens with zero attached hydrogens (tertiary/aromatic N) is 1. The minimum absolute atomic E-state index is 0.220. The molecule has 0 saturated carbocycles. The zero-order valence-electron chi connectivity index (χ0n) is 20.6. The fourth-order valence-corrected chi connectivity index (χ4v) is 4.79. The number of hydrogen-bond acceptors (Lipinski definition) is 5. The molecule has 0 spiro atoms. The summed E-state index contributed by atoms with van der Waals surface area (Å²) in [6.07, 6.45) is 0.806. The van der Waals surface area contributed by atoms with Crippen LogP contribution in [0, 0.1) is 0 Å². The van der Waals surface area contributed by atoms with Gasteiger partial charge in [-0.3, -0.25) is 14.5 Å². The summed E-state index contributed by atoms with van der Waals surface area (Å²) >= 11 is 0. The molecule has 2 N–H and O–H groups in total. The van der Waals surface area contributed by atoms with Crippen molar-refractivity contribution in [1.29, 1.82) is 0 Å². The number of rotatable bonds is 7. The van der Waals surface area contributed by atoms with Gasteiger partial charge in [0.1, 0.15) is 24.3 Å². The molecule has 186 valence electrons. The summed E-state index contributed by atoms with van der Waals surface area (Å²) in [6.45, 7) is 5.78. The van der Waals surface area contributed by atoms with Gasteiger partial charge in [-0.05, 0) is 49.2 Å². The topological polar surface area (TPSA) is 97.0 Å². The van der Waals surface area contributed by atoms with E-state index in [-0.39, 0.29) is 25.3 Å². The Hall–Kier alpha value is -4.07. The number of amides is 4. The molecule has 0 radical (unpaired) electrons. The molecule has 8 heteroatoms. The first-order valence-electron chi connectivity index (χ1n) is 12.0. The summed E-state index contributed by atoms with van der Waals surface area (Å²) in [7, 11) is 0. The summed E-state index contributed by atoms with van der Waals surface area (Å²) in [6, 6.07) is 18.6. The normalized spacial score (nSPS) is 20.1. The van der Waals surface area contributed by atoms with Crippen LogP contribution in [0.1, 0.15) is 31.9 Å². The number of hydrogen-bond donors (Lipinski definition) is 2. The Kier molecular flexibility index (Phi) is 5.82. The van der Waals surface area contributed by atoms with Gasteiger partial charge < -0.3 is 20.1 Å². The van der Waals surface area contributed by atoms with Crippen LogP contribution in [0.25, 0.3) is 10.8 Å². The van der Waals surface area contributed by atoms with Crippen molar-refractivity contribution in [2.24, 2.45) is 0 Å². The number of nitrogens with one attached hydrogen (secondary N) is 2. The molecule has 0 aliphatic carbocycles. The maximum atomic E-state index is 13.2. The van der Waals surface area contributed by atoms with Crippen LogP contribution in [-0.2, 0) is 21.5 Å². The average Bonchev–Trinajstić information content (AvgIpc) is 3.29. The van der Waals surface area contributed by atoms with Gasteiger partial charge in [-0.1, -0.05) is 48.5 Å². The fourth-order valence-electron chi connectivity index (χ4n) is 4.79. The molecule has 3 aromatic rings. The standard InChI is InChI=1S/C28H29N3O5/c1-27(2)16-20-9-6-10-22(24(20)36-27)35-14-13-29-23(32)17-31-25(33)28(3,30-26(31)34)21-12-11-18-7-4-5-8-19(18)15-21/h4-12,15H,13-14,16-17H2,1-3H3,(H,29,32)(H,30,34). The molecular weight excluding hydrogens is 458 g/mol. The Morgan fingerprint density at radius 3 is 2.64 bits per heavy atom. The zero-order valence-corrected chi connectivity index (χ0v) is 20.6. The largest absolute Gasteiger partial charge is 0.488 e. The smallest absolute Gasteiger partial charge is 0.325 e. The molecule has 1 fully saturated rings. The Balaban J connectivity index is 1.17. The number of ether oxygens (including phenoxy) is 2. The van der Waals surface area contributed by atoms with Gasteiger partial charge >= 0.3 is 6.03 Å². The van der Waals surface area contributed by atoms with E-state index in [2.05, 4.69) is 10.6 Å². The lowest BCUT2D eigenvalue weighted by atomic mass is 9.90. The zero-order chi connectivity index (χ0) is 25.5. The summed E-state index contributed by atoms with van der Waals surface area (Å²) in [5.41, 5.74) is 0.234. The molecule has 1 unspecified atom stereocenters. The number of urea groups is 1. The lowest BCUT2D eigenvalue weighted by molar-refractivity contribution is -0.134. The van der Waals surface area contributed by atoms with Crippen LogP contribution >= 0.6 is 0 Å². The second-order valence-corrected chi connectivity index (χ2v) is 9.99. The van der Waals surface area contributed by atoms with Crippen LogP contribution in [-0.4, -0.2) is 48.0 Å². The summed E-state index contributed by atoms with van der Waals surface area (Å²) in [4.78, 5) is 39.3. The summed E-state index contributed by atoms with van der Waals surface area (Å²) in [5, 5.41) is 7.48. The summed E-state index contributed by atoms with van der Waals surface area (Å²) in [5.74, 6) is 0.461. The van der Waals surface area contributed by atoms with E-state index >= 15 is 0 Å². The van der Waals surface area contributed by atoms with Gasteiger partial charge in [-0.25, -0.2) is 4.79 Å². The van der Waals surface area contributed by atoms with Crippen molar-refractivity contribution >= 4 is 28.6 Å². The van der Waals surface area contributed by atoms with E-state index in [0.29, 0.717) is 11.3 Å². The first-order valence-corrected chi connectivity index (χ1v) is 12.0. The van der Waals surface area contributed by atoms with Crippen molar-refractivity contribution < 1.29 is 23.9 Å². The van der Waals surface area contributed by atoms with Gasteiger partial charge in [-0.2, -0.15) is 0 Å². The first kappa shape index (κ1) is 23.7. The van der Waals surface area contributed by atoms with Crippen molar-refractivity contribution in [2.75, 3.05) is 19.7 Å². The summed E-state index contributed by atoms with van der Waals surface area (Å²) < 4.78 is 11.8. The van der Waals surface area contributed by atoms with E-state index in [9.17, 15) is 14.4 Å². The predicted octanol–water partition coefficient (Wildman–Crippen LogP) is 3.52. The molecule has 1 atom stereocenters. The molecule has 8 nitrogen and oxygen atoms in total. The van der Waals surface area contributed by atoms with Crippen molar-refractivity contribution in [2.45, 2.75) is 38.3 Å².